The van der Waals surface area contributed by atoms with E-state index >= 15 is 0 Å². The summed E-state index contributed by atoms with van der Waals surface area (Å²) in [6.07, 6.45) is 6.79. The highest BCUT2D eigenvalue weighted by atomic mass is 16.5. The lowest BCUT2D eigenvalue weighted by Gasteiger charge is -2.27. The van der Waals surface area contributed by atoms with Gasteiger partial charge in [0.05, 0.1) is 19.2 Å². The Morgan fingerprint density at radius 2 is 2.36 bits per heavy atom. The molecule has 0 saturated heterocycles. The number of carbonyl (C=O) groups is 1. The zero-order valence-corrected chi connectivity index (χ0v) is 12.0. The fourth-order valence-corrected chi connectivity index (χ4v) is 2.59. The third kappa shape index (κ3) is 2.88. The number of pyridine rings is 1. The highest BCUT2D eigenvalue weighted by Crippen LogP contribution is 2.32. The molecule has 0 amide bonds. The van der Waals surface area contributed by atoms with Gasteiger partial charge in [0, 0.05) is 24.9 Å². The Hall–Kier alpha value is -2.57. The fraction of sp³-hybridized carbons (Fsp3) is 0.400. The van der Waals surface area contributed by atoms with Crippen LogP contribution in [0, 0.1) is 0 Å². The zero-order valence-electron chi connectivity index (χ0n) is 12.0. The van der Waals surface area contributed by atoms with Crippen molar-refractivity contribution in [1.29, 1.82) is 0 Å². The number of fused-ring (bicyclic) bond motifs is 3. The molecule has 1 aromatic rings. The minimum absolute atomic E-state index is 0.0143. The van der Waals surface area contributed by atoms with Crippen LogP contribution in [0.4, 0.5) is 11.5 Å². The summed E-state index contributed by atoms with van der Waals surface area (Å²) < 4.78 is 5.69. The van der Waals surface area contributed by atoms with Gasteiger partial charge in [0.2, 0.25) is 5.43 Å². The van der Waals surface area contributed by atoms with Gasteiger partial charge in [-0.15, -0.1) is 0 Å². The quantitative estimate of drug-likeness (QED) is 0.775. The second kappa shape index (κ2) is 6.05. The molecular formula is C15H17N3O4. The van der Waals surface area contributed by atoms with Crippen LogP contribution in [-0.2, 0) is 9.53 Å². The molecule has 116 valence electrons. The number of hydrogen-bond donors (Lipinski definition) is 2. The maximum atomic E-state index is 11.8. The number of nitrogens with zero attached hydrogens (tertiary/aromatic N) is 2. The van der Waals surface area contributed by atoms with E-state index < -0.39 is 5.97 Å². The second-order valence-corrected chi connectivity index (χ2v) is 5.27. The number of anilines is 1. The van der Waals surface area contributed by atoms with Crippen molar-refractivity contribution in [3.63, 3.8) is 0 Å². The second-order valence-electron chi connectivity index (χ2n) is 5.27. The van der Waals surface area contributed by atoms with Crippen LogP contribution in [0.1, 0.15) is 19.3 Å². The minimum atomic E-state index is -0.783. The number of carboxylic acid groups (broad SMARTS) is 1. The van der Waals surface area contributed by atoms with Gasteiger partial charge in [0.25, 0.3) is 0 Å². The Morgan fingerprint density at radius 1 is 1.50 bits per heavy atom. The molecule has 0 aliphatic carbocycles. The monoisotopic (exact) mass is 303 g/mol. The first-order valence-electron chi connectivity index (χ1n) is 7.23. The lowest BCUT2D eigenvalue weighted by molar-refractivity contribution is -0.137. The topological polar surface area (TPSA) is 95.0 Å². The molecular weight excluding hydrogens is 286 g/mol. The van der Waals surface area contributed by atoms with Gasteiger partial charge in [-0.3, -0.25) is 14.6 Å². The molecule has 1 unspecified atom stereocenters. The maximum Gasteiger partial charge on any atom is 0.303 e. The summed E-state index contributed by atoms with van der Waals surface area (Å²) in [7, 11) is 0. The van der Waals surface area contributed by atoms with Crippen molar-refractivity contribution in [1.82, 2.24) is 4.98 Å². The number of ether oxygens (including phenoxy) is 1. The van der Waals surface area contributed by atoms with E-state index in [1.165, 1.54) is 6.07 Å². The number of rotatable bonds is 6. The van der Waals surface area contributed by atoms with E-state index in [9.17, 15) is 9.59 Å². The minimum Gasteiger partial charge on any atom is -0.496 e. The predicted molar refractivity (Wildman–Crippen MR) is 81.9 cm³/mol. The molecule has 7 nitrogen and oxygen atoms in total. The Bertz CT molecular complexity index is 692. The molecule has 0 bridgehead atoms. The summed E-state index contributed by atoms with van der Waals surface area (Å²) in [5.74, 6) is 0.749. The smallest absolute Gasteiger partial charge is 0.303 e. The summed E-state index contributed by atoms with van der Waals surface area (Å²) in [5, 5.41) is 8.58. The van der Waals surface area contributed by atoms with Crippen molar-refractivity contribution >= 4 is 23.7 Å². The number of unbranched alkanes of at least 4 members (excludes halogenated alkanes) is 1. The summed E-state index contributed by atoms with van der Waals surface area (Å²) in [6, 6.07) is 1.44. The molecule has 3 heterocycles. The normalized spacial score (nSPS) is 18.6. The van der Waals surface area contributed by atoms with E-state index in [1.807, 2.05) is 11.0 Å². The SMILES string of the molecule is O=C(O)CCCCOC1=CC2C=Nc3c([nH]ccc3=O)N2C1. The highest BCUT2D eigenvalue weighted by molar-refractivity contribution is 5.85. The van der Waals surface area contributed by atoms with Gasteiger partial charge in [0.1, 0.15) is 11.6 Å². The molecule has 0 radical (unpaired) electrons. The van der Waals surface area contributed by atoms with E-state index in [4.69, 9.17) is 9.84 Å². The van der Waals surface area contributed by atoms with Gasteiger partial charge < -0.3 is 19.7 Å². The van der Waals surface area contributed by atoms with Crippen molar-refractivity contribution in [3.8, 4) is 0 Å². The lowest BCUT2D eigenvalue weighted by Crippen LogP contribution is -2.35. The van der Waals surface area contributed by atoms with E-state index in [2.05, 4.69) is 9.98 Å². The van der Waals surface area contributed by atoms with Crippen molar-refractivity contribution in [2.45, 2.75) is 25.3 Å². The van der Waals surface area contributed by atoms with E-state index in [0.29, 0.717) is 37.5 Å². The van der Waals surface area contributed by atoms with Gasteiger partial charge in [-0.25, -0.2) is 0 Å². The third-order valence-electron chi connectivity index (χ3n) is 3.67. The number of hydrogen-bond acceptors (Lipinski definition) is 5. The Morgan fingerprint density at radius 3 is 3.18 bits per heavy atom. The van der Waals surface area contributed by atoms with Gasteiger partial charge in [-0.1, -0.05) is 0 Å². The number of carboxylic acids is 1. The number of aromatic nitrogens is 1. The standard InChI is InChI=1S/C15H17N3O4/c19-12-4-5-16-15-14(12)17-8-10-7-11(9-18(10)15)22-6-2-1-3-13(20)21/h4-5,7-8,10H,1-3,6,9H2,(H,16,19)(H,20,21). The zero-order chi connectivity index (χ0) is 15.5. The average molecular weight is 303 g/mol. The summed E-state index contributed by atoms with van der Waals surface area (Å²) in [5.41, 5.74) is 0.321. The molecule has 1 atom stereocenters. The number of H-pyrrole nitrogens is 1. The maximum absolute atomic E-state index is 11.8. The number of aliphatic imine (C=N–C) groups is 1. The van der Waals surface area contributed by atoms with Crippen LogP contribution in [0.3, 0.4) is 0 Å². The summed E-state index contributed by atoms with van der Waals surface area (Å²) in [4.78, 5) is 31.5. The molecule has 22 heavy (non-hydrogen) atoms. The molecule has 0 fully saturated rings. The summed E-state index contributed by atoms with van der Waals surface area (Å²) in [6.45, 7) is 1.07. The van der Waals surface area contributed by atoms with Crippen LogP contribution >= 0.6 is 0 Å². The van der Waals surface area contributed by atoms with Crippen molar-refractivity contribution in [3.05, 3.63) is 34.3 Å². The van der Waals surface area contributed by atoms with E-state index in [-0.39, 0.29) is 17.9 Å². The van der Waals surface area contributed by atoms with Gasteiger partial charge in [-0.05, 0) is 18.9 Å². The molecule has 0 aromatic carbocycles. The van der Waals surface area contributed by atoms with E-state index in [1.54, 1.807) is 12.4 Å². The van der Waals surface area contributed by atoms with Crippen LogP contribution in [0.15, 0.2) is 33.9 Å². The first kappa shape index (κ1) is 14.4. The van der Waals surface area contributed by atoms with E-state index in [0.717, 1.165) is 5.76 Å². The molecule has 2 N–H and O–H groups in total. The Labute approximate surface area is 126 Å². The van der Waals surface area contributed by atoms with Gasteiger partial charge in [-0.2, -0.15) is 0 Å². The number of aromatic amines is 1. The lowest BCUT2D eigenvalue weighted by atomic mass is 10.2. The van der Waals surface area contributed by atoms with Crippen molar-refractivity contribution < 1.29 is 14.6 Å². The van der Waals surface area contributed by atoms with Crippen molar-refractivity contribution in [2.24, 2.45) is 4.99 Å². The fourth-order valence-electron chi connectivity index (χ4n) is 2.59. The third-order valence-corrected chi connectivity index (χ3v) is 3.67. The molecule has 0 spiro atoms. The Kier molecular flexibility index (Phi) is 3.95. The van der Waals surface area contributed by atoms with Crippen LogP contribution in [-0.4, -0.2) is 41.5 Å². The molecule has 2 aliphatic rings. The molecule has 0 saturated carbocycles. The Balaban J connectivity index is 1.58. The van der Waals surface area contributed by atoms with Crippen LogP contribution in [0.25, 0.3) is 0 Å². The first-order valence-corrected chi connectivity index (χ1v) is 7.23. The van der Waals surface area contributed by atoms with Crippen LogP contribution in [0.5, 0.6) is 0 Å². The molecule has 7 heteroatoms. The molecule has 3 rings (SSSR count). The number of aliphatic carboxylic acids is 1. The van der Waals surface area contributed by atoms with Crippen LogP contribution in [0.2, 0.25) is 0 Å². The first-order chi connectivity index (χ1) is 10.6. The van der Waals surface area contributed by atoms with Crippen molar-refractivity contribution in [2.75, 3.05) is 18.1 Å². The largest absolute Gasteiger partial charge is 0.496 e. The highest BCUT2D eigenvalue weighted by Gasteiger charge is 2.30. The number of nitrogens with one attached hydrogen (secondary N) is 1. The molecule has 1 aromatic heterocycles. The predicted octanol–water partition coefficient (Wildman–Crippen LogP) is 1.43. The summed E-state index contributed by atoms with van der Waals surface area (Å²) >= 11 is 0. The average Bonchev–Trinajstić information content (AvgIpc) is 2.90. The van der Waals surface area contributed by atoms with Gasteiger partial charge >= 0.3 is 5.97 Å². The van der Waals surface area contributed by atoms with Gasteiger partial charge in [0.15, 0.2) is 5.69 Å². The molecule has 2 aliphatic heterocycles. The van der Waals surface area contributed by atoms with Crippen LogP contribution < -0.4 is 10.3 Å².